The van der Waals surface area contributed by atoms with Crippen molar-refractivity contribution in [1.29, 1.82) is 0 Å². The smallest absolute Gasteiger partial charge is 0.338 e. The van der Waals surface area contributed by atoms with E-state index in [0.717, 1.165) is 5.56 Å². The summed E-state index contributed by atoms with van der Waals surface area (Å²) in [6, 6.07) is 14.3. The van der Waals surface area contributed by atoms with E-state index in [1.807, 2.05) is 30.3 Å². The maximum atomic E-state index is 12.1. The maximum absolute atomic E-state index is 12.1. The van der Waals surface area contributed by atoms with E-state index in [4.69, 9.17) is 10.5 Å². The zero-order chi connectivity index (χ0) is 19.9. The molecule has 6 nitrogen and oxygen atoms in total. The maximum Gasteiger partial charge on any atom is 0.338 e. The molecule has 2 rings (SSSR count). The Morgan fingerprint density at radius 3 is 2.59 bits per heavy atom. The van der Waals surface area contributed by atoms with Gasteiger partial charge in [0.25, 0.3) is 0 Å². The zero-order valence-electron chi connectivity index (χ0n) is 15.5. The van der Waals surface area contributed by atoms with Crippen molar-refractivity contribution in [3.63, 3.8) is 0 Å². The normalized spacial score (nSPS) is 12.3. The lowest BCUT2D eigenvalue weighted by Crippen LogP contribution is -2.23. The summed E-state index contributed by atoms with van der Waals surface area (Å²) in [5, 5.41) is 18.0. The summed E-state index contributed by atoms with van der Waals surface area (Å²) in [6.07, 6.45) is 1.35. The predicted octanol–water partition coefficient (Wildman–Crippen LogP) is 3.93. The molecule has 27 heavy (non-hydrogen) atoms. The number of nitrogens with two attached hydrogens (primary N) is 1. The number of rotatable bonds is 5. The molecule has 0 aromatic heterocycles. The van der Waals surface area contributed by atoms with Crippen LogP contribution in [0.3, 0.4) is 0 Å². The van der Waals surface area contributed by atoms with Crippen molar-refractivity contribution in [3.8, 4) is 5.75 Å². The monoisotopic (exact) mass is 385 g/mol. The molecule has 142 valence electrons. The molecule has 0 aliphatic carbocycles. The molecule has 0 amide bonds. The molecule has 0 unspecified atom stereocenters. The topological polar surface area (TPSA) is 97.3 Å². The Bertz CT molecular complexity index is 843. The SMILES string of the molecule is CC(C)(C)OC(=O)c1ccc(O)c(C=NN=C(N)SCc2ccccc2)c1. The molecule has 0 fully saturated rings. The van der Waals surface area contributed by atoms with Gasteiger partial charge >= 0.3 is 5.97 Å². The van der Waals surface area contributed by atoms with Gasteiger partial charge in [0.05, 0.1) is 11.8 Å². The summed E-state index contributed by atoms with van der Waals surface area (Å²) in [5.74, 6) is 0.195. The molecule has 7 heteroatoms. The molecule has 0 spiro atoms. The molecule has 0 atom stereocenters. The largest absolute Gasteiger partial charge is 0.507 e. The average Bonchev–Trinajstić information content (AvgIpc) is 2.61. The van der Waals surface area contributed by atoms with Crippen LogP contribution in [0.4, 0.5) is 0 Å². The number of amidine groups is 1. The lowest BCUT2D eigenvalue weighted by atomic mass is 10.1. The number of phenols is 1. The minimum atomic E-state index is -0.599. The van der Waals surface area contributed by atoms with Gasteiger partial charge in [-0.1, -0.05) is 42.1 Å². The fourth-order valence-corrected chi connectivity index (χ4v) is 2.64. The van der Waals surface area contributed by atoms with Gasteiger partial charge in [0.1, 0.15) is 11.4 Å². The molecule has 0 bridgehead atoms. The lowest BCUT2D eigenvalue weighted by molar-refractivity contribution is 0.00695. The first kappa shape index (κ1) is 20.5. The predicted molar refractivity (Wildman–Crippen MR) is 110 cm³/mol. The summed E-state index contributed by atoms with van der Waals surface area (Å²) >= 11 is 1.36. The number of phenolic OH excluding ortho intramolecular Hbond substituents is 1. The van der Waals surface area contributed by atoms with Crippen LogP contribution < -0.4 is 5.73 Å². The van der Waals surface area contributed by atoms with Crippen LogP contribution in [-0.2, 0) is 10.5 Å². The molecule has 3 N–H and O–H groups in total. The minimum Gasteiger partial charge on any atom is -0.507 e. The van der Waals surface area contributed by atoms with Crippen LogP contribution in [0.2, 0.25) is 0 Å². The summed E-state index contributed by atoms with van der Waals surface area (Å²) in [4.78, 5) is 12.1. The Kier molecular flexibility index (Phi) is 7.01. The Labute approximate surface area is 163 Å². The van der Waals surface area contributed by atoms with Gasteiger partial charge in [-0.2, -0.15) is 5.10 Å². The van der Waals surface area contributed by atoms with Crippen molar-refractivity contribution < 1.29 is 14.6 Å². The number of benzene rings is 2. The second-order valence-corrected chi connectivity index (χ2v) is 7.73. The van der Waals surface area contributed by atoms with Crippen LogP contribution in [0.25, 0.3) is 0 Å². The van der Waals surface area contributed by atoms with Crippen LogP contribution >= 0.6 is 11.8 Å². The highest BCUT2D eigenvalue weighted by molar-refractivity contribution is 8.13. The number of carbonyl (C=O) groups is 1. The Balaban J connectivity index is 2.02. The molecule has 0 aliphatic rings. The number of hydrogen-bond acceptors (Lipinski definition) is 6. The van der Waals surface area contributed by atoms with Crippen LogP contribution in [0.5, 0.6) is 5.75 Å². The number of aromatic hydroxyl groups is 1. The van der Waals surface area contributed by atoms with E-state index in [2.05, 4.69) is 10.2 Å². The van der Waals surface area contributed by atoms with Crippen LogP contribution in [0, 0.1) is 0 Å². The highest BCUT2D eigenvalue weighted by Gasteiger charge is 2.18. The van der Waals surface area contributed by atoms with E-state index in [9.17, 15) is 9.90 Å². The van der Waals surface area contributed by atoms with Gasteiger partial charge in [0.2, 0.25) is 0 Å². The zero-order valence-corrected chi connectivity index (χ0v) is 16.4. The van der Waals surface area contributed by atoms with Crippen molar-refractivity contribution in [2.75, 3.05) is 0 Å². The molecule has 2 aromatic rings. The third kappa shape index (κ3) is 7.15. The van der Waals surface area contributed by atoms with Crippen LogP contribution in [0.15, 0.2) is 58.7 Å². The minimum absolute atomic E-state index is 0.0169. The van der Waals surface area contributed by atoms with Crippen molar-refractivity contribution in [2.24, 2.45) is 15.9 Å². The Morgan fingerprint density at radius 2 is 1.93 bits per heavy atom. The molecule has 2 aromatic carbocycles. The molecule has 0 heterocycles. The third-order valence-corrected chi connectivity index (χ3v) is 4.10. The first-order valence-corrected chi connectivity index (χ1v) is 9.33. The fourth-order valence-electron chi connectivity index (χ4n) is 2.03. The summed E-state index contributed by atoms with van der Waals surface area (Å²) in [7, 11) is 0. The first-order valence-electron chi connectivity index (χ1n) is 8.34. The molecular weight excluding hydrogens is 362 g/mol. The van der Waals surface area contributed by atoms with Gasteiger partial charge in [-0.15, -0.1) is 5.10 Å². The van der Waals surface area contributed by atoms with Crippen LogP contribution in [0.1, 0.15) is 42.3 Å². The quantitative estimate of drug-likeness (QED) is 0.352. The van der Waals surface area contributed by atoms with Crippen molar-refractivity contribution >= 4 is 29.1 Å². The van der Waals surface area contributed by atoms with Gasteiger partial charge in [0.15, 0.2) is 5.17 Å². The summed E-state index contributed by atoms with van der Waals surface area (Å²) in [6.45, 7) is 5.37. The fraction of sp³-hybridized carbons (Fsp3) is 0.250. The van der Waals surface area contributed by atoms with Gasteiger partial charge in [-0.3, -0.25) is 0 Å². The molecule has 0 saturated heterocycles. The van der Waals surface area contributed by atoms with Crippen LogP contribution in [-0.4, -0.2) is 28.1 Å². The van der Waals surface area contributed by atoms with Gasteiger partial charge in [-0.25, -0.2) is 4.79 Å². The Morgan fingerprint density at radius 1 is 1.22 bits per heavy atom. The van der Waals surface area contributed by atoms with Crippen molar-refractivity contribution in [2.45, 2.75) is 32.1 Å². The number of esters is 1. The number of carbonyl (C=O) groups excluding carboxylic acids is 1. The van der Waals surface area contributed by atoms with E-state index in [1.54, 1.807) is 20.8 Å². The van der Waals surface area contributed by atoms with E-state index in [0.29, 0.717) is 22.0 Å². The van der Waals surface area contributed by atoms with E-state index < -0.39 is 11.6 Å². The van der Waals surface area contributed by atoms with E-state index in [-0.39, 0.29) is 5.75 Å². The second kappa shape index (κ2) is 9.23. The number of hydrogen-bond donors (Lipinski definition) is 2. The van der Waals surface area contributed by atoms with Gasteiger partial charge in [0, 0.05) is 11.3 Å². The summed E-state index contributed by atoms with van der Waals surface area (Å²) < 4.78 is 5.32. The number of nitrogens with zero attached hydrogens (tertiary/aromatic N) is 2. The van der Waals surface area contributed by atoms with Gasteiger partial charge in [-0.05, 0) is 44.5 Å². The summed E-state index contributed by atoms with van der Waals surface area (Å²) in [5.41, 5.74) is 7.04. The number of thioether (sulfide) groups is 1. The highest BCUT2D eigenvalue weighted by Crippen LogP contribution is 2.19. The molecule has 0 radical (unpaired) electrons. The van der Waals surface area contributed by atoms with E-state index in [1.165, 1.54) is 36.2 Å². The van der Waals surface area contributed by atoms with Gasteiger partial charge < -0.3 is 15.6 Å². The highest BCUT2D eigenvalue weighted by atomic mass is 32.2. The van der Waals surface area contributed by atoms with E-state index >= 15 is 0 Å². The van der Waals surface area contributed by atoms with Crippen molar-refractivity contribution in [3.05, 3.63) is 65.2 Å². The molecular formula is C20H23N3O3S. The molecule has 0 aliphatic heterocycles. The Hall–Kier alpha value is -2.80. The third-order valence-electron chi connectivity index (χ3n) is 3.24. The van der Waals surface area contributed by atoms with Crippen molar-refractivity contribution in [1.82, 2.24) is 0 Å². The second-order valence-electron chi connectivity index (χ2n) is 6.73. The molecule has 0 saturated carbocycles. The number of ether oxygens (including phenoxy) is 1. The lowest BCUT2D eigenvalue weighted by Gasteiger charge is -2.19. The average molecular weight is 385 g/mol. The standard InChI is InChI=1S/C20H23N3O3S/c1-20(2,3)26-18(25)15-9-10-17(24)16(11-15)12-22-23-19(21)27-13-14-7-5-4-6-8-14/h4-12,24H,13H2,1-3H3,(H2,21,23). The first-order chi connectivity index (χ1) is 12.7.